The van der Waals surface area contributed by atoms with Crippen molar-refractivity contribution in [1.29, 1.82) is 0 Å². The minimum Gasteiger partial charge on any atom is -0.396 e. The molecular formula is C29H37N7O3. The third kappa shape index (κ3) is 5.34. The second-order valence-corrected chi connectivity index (χ2v) is 11.1. The normalized spacial score (nSPS) is 17.9. The van der Waals surface area contributed by atoms with Crippen molar-refractivity contribution < 1.29 is 14.9 Å². The minimum absolute atomic E-state index is 0.00874. The monoisotopic (exact) mass is 531 g/mol. The maximum Gasteiger partial charge on any atom is 0.238 e. The van der Waals surface area contributed by atoms with E-state index in [2.05, 4.69) is 15.9 Å². The first-order valence-electron chi connectivity index (χ1n) is 13.9. The molecule has 0 amide bonds. The lowest BCUT2D eigenvalue weighted by atomic mass is 9.83. The molecule has 0 aliphatic carbocycles. The summed E-state index contributed by atoms with van der Waals surface area (Å²) in [7, 11) is 0. The van der Waals surface area contributed by atoms with Gasteiger partial charge in [0.2, 0.25) is 5.95 Å². The predicted octanol–water partition coefficient (Wildman–Crippen LogP) is 2.72. The fourth-order valence-corrected chi connectivity index (χ4v) is 5.80. The van der Waals surface area contributed by atoms with Crippen LogP contribution in [0.1, 0.15) is 38.2 Å². The lowest BCUT2D eigenvalue weighted by molar-refractivity contribution is -0.0137. The molecule has 0 radical (unpaired) electrons. The van der Waals surface area contributed by atoms with Crippen LogP contribution in [0.4, 0.5) is 5.82 Å². The van der Waals surface area contributed by atoms with Crippen molar-refractivity contribution in [3.05, 3.63) is 47.9 Å². The van der Waals surface area contributed by atoms with E-state index in [1.165, 1.54) is 0 Å². The molecule has 2 fully saturated rings. The Morgan fingerprint density at radius 2 is 1.69 bits per heavy atom. The summed E-state index contributed by atoms with van der Waals surface area (Å²) in [6, 6.07) is 12.0. The molecule has 4 aromatic rings. The van der Waals surface area contributed by atoms with Crippen molar-refractivity contribution >= 4 is 27.9 Å². The first-order chi connectivity index (χ1) is 18.9. The van der Waals surface area contributed by atoms with Crippen LogP contribution in [0.25, 0.3) is 28.0 Å². The van der Waals surface area contributed by atoms with Gasteiger partial charge in [-0.2, -0.15) is 4.98 Å². The first-order valence-corrected chi connectivity index (χ1v) is 13.9. The summed E-state index contributed by atoms with van der Waals surface area (Å²) < 4.78 is 7.58. The van der Waals surface area contributed by atoms with Gasteiger partial charge in [0.25, 0.3) is 0 Å². The van der Waals surface area contributed by atoms with E-state index in [1.54, 1.807) is 0 Å². The molecule has 6 rings (SSSR count). The van der Waals surface area contributed by atoms with Gasteiger partial charge in [0, 0.05) is 26.1 Å². The number of hydrogen-bond donors (Lipinski definition) is 2. The van der Waals surface area contributed by atoms with E-state index < -0.39 is 5.60 Å². The molecule has 0 unspecified atom stereocenters. The number of anilines is 1. The largest absolute Gasteiger partial charge is 0.396 e. The average molecular weight is 532 g/mol. The number of aromatic nitrogens is 5. The average Bonchev–Trinajstić information content (AvgIpc) is 3.31. The van der Waals surface area contributed by atoms with Gasteiger partial charge < -0.3 is 19.8 Å². The summed E-state index contributed by atoms with van der Waals surface area (Å²) >= 11 is 0. The van der Waals surface area contributed by atoms with Gasteiger partial charge in [-0.15, -0.1) is 0 Å². The number of ether oxygens (including phenoxy) is 1. The second kappa shape index (κ2) is 10.8. The molecule has 2 aliphatic rings. The number of imidazole rings is 1. The third-order valence-corrected chi connectivity index (χ3v) is 8.02. The Morgan fingerprint density at radius 1 is 0.923 bits per heavy atom. The smallest absolute Gasteiger partial charge is 0.238 e. The SMILES string of the molecule is CC(C)(O)C1CCN(Cc2ccc3nc(-n4c(CCO)nc5ccccc54)nc(N4CCOCC4)c3n2)CC1. The van der Waals surface area contributed by atoms with Crippen LogP contribution in [0.5, 0.6) is 0 Å². The summed E-state index contributed by atoms with van der Waals surface area (Å²) in [6.07, 6.45) is 2.37. The number of hydrogen-bond acceptors (Lipinski definition) is 9. The lowest BCUT2D eigenvalue weighted by Gasteiger charge is -2.37. The van der Waals surface area contributed by atoms with Gasteiger partial charge in [-0.1, -0.05) is 12.1 Å². The summed E-state index contributed by atoms with van der Waals surface area (Å²) in [5.41, 5.74) is 3.68. The number of nitrogens with zero attached hydrogens (tertiary/aromatic N) is 7. The second-order valence-electron chi connectivity index (χ2n) is 11.1. The van der Waals surface area contributed by atoms with Crippen LogP contribution in [-0.4, -0.2) is 91.2 Å². The Morgan fingerprint density at radius 3 is 2.44 bits per heavy atom. The summed E-state index contributed by atoms with van der Waals surface area (Å²) in [5.74, 6) is 2.39. The Kier molecular flexibility index (Phi) is 7.20. The van der Waals surface area contributed by atoms with E-state index in [0.717, 1.165) is 85.0 Å². The third-order valence-electron chi connectivity index (χ3n) is 8.02. The number of pyridine rings is 1. The van der Waals surface area contributed by atoms with Gasteiger partial charge in [-0.25, -0.2) is 15.0 Å². The zero-order chi connectivity index (χ0) is 27.0. The number of aliphatic hydroxyl groups is 2. The molecule has 0 bridgehead atoms. The van der Waals surface area contributed by atoms with Crippen LogP contribution >= 0.6 is 0 Å². The quantitative estimate of drug-likeness (QED) is 0.372. The highest BCUT2D eigenvalue weighted by Gasteiger charge is 2.30. The Balaban J connectivity index is 1.38. The molecule has 0 spiro atoms. The molecule has 39 heavy (non-hydrogen) atoms. The predicted molar refractivity (Wildman–Crippen MR) is 150 cm³/mol. The number of aliphatic hydroxyl groups excluding tert-OH is 1. The van der Waals surface area contributed by atoms with Crippen molar-refractivity contribution in [2.24, 2.45) is 5.92 Å². The topological polar surface area (TPSA) is 113 Å². The van der Waals surface area contributed by atoms with Crippen molar-refractivity contribution in [2.75, 3.05) is 50.9 Å². The van der Waals surface area contributed by atoms with Crippen LogP contribution in [-0.2, 0) is 17.7 Å². The van der Waals surface area contributed by atoms with Gasteiger partial charge in [0.05, 0.1) is 47.7 Å². The van der Waals surface area contributed by atoms with Gasteiger partial charge >= 0.3 is 0 Å². The number of morpholine rings is 1. The standard InChI is InChI=1S/C29H37N7O3/c1-29(2,38)20-9-12-34(13-10-20)19-21-7-8-23-26(30-21)27(35-14-17-39-18-15-35)33-28(32-23)36-24-6-4-3-5-22(24)31-25(36)11-16-37/h3-8,20,37-38H,9-19H2,1-2H3. The molecule has 10 heteroatoms. The molecule has 2 N–H and O–H groups in total. The number of benzene rings is 1. The Labute approximate surface area is 228 Å². The maximum absolute atomic E-state index is 10.4. The Bertz CT molecular complexity index is 1450. The molecule has 3 aromatic heterocycles. The van der Waals surface area contributed by atoms with E-state index >= 15 is 0 Å². The molecule has 5 heterocycles. The molecule has 0 saturated carbocycles. The van der Waals surface area contributed by atoms with Crippen molar-refractivity contribution in [2.45, 2.75) is 45.3 Å². The maximum atomic E-state index is 10.4. The van der Waals surface area contributed by atoms with Crippen LogP contribution in [0, 0.1) is 5.92 Å². The van der Waals surface area contributed by atoms with Crippen LogP contribution in [0.3, 0.4) is 0 Å². The highest BCUT2D eigenvalue weighted by atomic mass is 16.5. The van der Waals surface area contributed by atoms with E-state index in [1.807, 2.05) is 48.7 Å². The Hall–Kier alpha value is -3.18. The highest BCUT2D eigenvalue weighted by molar-refractivity contribution is 5.87. The molecule has 2 saturated heterocycles. The zero-order valence-electron chi connectivity index (χ0n) is 22.8. The lowest BCUT2D eigenvalue weighted by Crippen LogP contribution is -2.41. The molecule has 0 atom stereocenters. The summed E-state index contributed by atoms with van der Waals surface area (Å²) in [5, 5.41) is 20.1. The van der Waals surface area contributed by atoms with E-state index in [-0.39, 0.29) is 6.61 Å². The number of fused-ring (bicyclic) bond motifs is 2. The number of para-hydroxylation sites is 2. The number of likely N-dealkylation sites (tertiary alicyclic amines) is 1. The van der Waals surface area contributed by atoms with E-state index in [9.17, 15) is 10.2 Å². The van der Waals surface area contributed by atoms with Gasteiger partial charge in [0.15, 0.2) is 5.82 Å². The highest BCUT2D eigenvalue weighted by Crippen LogP contribution is 2.30. The van der Waals surface area contributed by atoms with Crippen molar-refractivity contribution in [1.82, 2.24) is 29.4 Å². The number of piperidine rings is 1. The van der Waals surface area contributed by atoms with Gasteiger partial charge in [-0.05, 0) is 70.0 Å². The van der Waals surface area contributed by atoms with E-state index in [0.29, 0.717) is 31.5 Å². The zero-order valence-corrected chi connectivity index (χ0v) is 22.8. The molecule has 2 aliphatic heterocycles. The van der Waals surface area contributed by atoms with E-state index in [4.69, 9.17) is 24.7 Å². The summed E-state index contributed by atoms with van der Waals surface area (Å²) in [6.45, 7) is 9.21. The fraction of sp³-hybridized carbons (Fsp3) is 0.517. The van der Waals surface area contributed by atoms with Crippen LogP contribution < -0.4 is 4.90 Å². The van der Waals surface area contributed by atoms with Crippen LogP contribution in [0.2, 0.25) is 0 Å². The molecule has 206 valence electrons. The molecule has 10 nitrogen and oxygen atoms in total. The van der Waals surface area contributed by atoms with Crippen molar-refractivity contribution in [3.63, 3.8) is 0 Å². The minimum atomic E-state index is -0.632. The first kappa shape index (κ1) is 26.1. The summed E-state index contributed by atoms with van der Waals surface area (Å²) in [4.78, 5) is 24.5. The van der Waals surface area contributed by atoms with Crippen molar-refractivity contribution in [3.8, 4) is 5.95 Å². The molecular weight excluding hydrogens is 494 g/mol. The van der Waals surface area contributed by atoms with Gasteiger partial charge in [0.1, 0.15) is 11.3 Å². The molecule has 1 aromatic carbocycles. The fourth-order valence-electron chi connectivity index (χ4n) is 5.80. The van der Waals surface area contributed by atoms with Gasteiger partial charge in [-0.3, -0.25) is 9.47 Å². The number of rotatable bonds is 7. The van der Waals surface area contributed by atoms with Crippen LogP contribution in [0.15, 0.2) is 36.4 Å².